The molecule has 0 aliphatic carbocycles. The molecule has 2 heterocycles. The van der Waals surface area contributed by atoms with Crippen LogP contribution >= 0.6 is 0 Å². The van der Waals surface area contributed by atoms with Crippen LogP contribution in [0.25, 0.3) is 0 Å². The second kappa shape index (κ2) is 6.51. The van der Waals surface area contributed by atoms with Gasteiger partial charge in [-0.2, -0.15) is 4.98 Å². The van der Waals surface area contributed by atoms with Gasteiger partial charge in [0.1, 0.15) is 6.04 Å². The molecule has 110 valence electrons. The van der Waals surface area contributed by atoms with E-state index in [-0.39, 0.29) is 0 Å². The Kier molecular flexibility index (Phi) is 4.73. The summed E-state index contributed by atoms with van der Waals surface area (Å²) in [5.41, 5.74) is 0. The minimum atomic E-state index is -0.784. The standard InChI is InChI=1S/C13H20N4O3/c1-3-20-11-4-5-14-13(15-11)17-8-6-16(7-9-17)10(2)12(18)19/h4-5,10H,3,6-9H2,1-2H3,(H,18,19). The fraction of sp³-hybridized carbons (Fsp3) is 0.615. The molecule has 0 saturated carbocycles. The number of aliphatic carboxylic acids is 1. The predicted molar refractivity (Wildman–Crippen MR) is 74.1 cm³/mol. The second-order valence-electron chi connectivity index (χ2n) is 4.67. The maximum absolute atomic E-state index is 11.0. The molecule has 1 aromatic rings. The Morgan fingerprint density at radius 2 is 2.15 bits per heavy atom. The van der Waals surface area contributed by atoms with E-state index in [9.17, 15) is 4.79 Å². The third-order valence-electron chi connectivity index (χ3n) is 3.41. The molecule has 1 atom stereocenters. The van der Waals surface area contributed by atoms with Crippen molar-refractivity contribution in [2.45, 2.75) is 19.9 Å². The number of piperazine rings is 1. The highest BCUT2D eigenvalue weighted by atomic mass is 16.5. The van der Waals surface area contributed by atoms with Crippen LogP contribution in [0.15, 0.2) is 12.3 Å². The van der Waals surface area contributed by atoms with E-state index < -0.39 is 12.0 Å². The average Bonchev–Trinajstić information content (AvgIpc) is 2.47. The number of carbonyl (C=O) groups is 1. The first-order valence-electron chi connectivity index (χ1n) is 6.79. The molecule has 1 aliphatic rings. The number of hydrogen-bond donors (Lipinski definition) is 1. The molecule has 0 amide bonds. The Balaban J connectivity index is 1.96. The molecular formula is C13H20N4O3. The molecule has 1 fully saturated rings. The quantitative estimate of drug-likeness (QED) is 0.840. The molecule has 1 saturated heterocycles. The maximum Gasteiger partial charge on any atom is 0.320 e. The third-order valence-corrected chi connectivity index (χ3v) is 3.41. The van der Waals surface area contributed by atoms with Crippen molar-refractivity contribution < 1.29 is 14.6 Å². The van der Waals surface area contributed by atoms with Gasteiger partial charge in [0.2, 0.25) is 11.8 Å². The van der Waals surface area contributed by atoms with Crippen LogP contribution in [0.3, 0.4) is 0 Å². The van der Waals surface area contributed by atoms with E-state index in [1.165, 1.54) is 0 Å². The predicted octanol–water partition coefficient (Wildman–Crippen LogP) is 0.470. The van der Waals surface area contributed by atoms with Crippen LogP contribution < -0.4 is 9.64 Å². The van der Waals surface area contributed by atoms with Crippen molar-refractivity contribution in [1.29, 1.82) is 0 Å². The Morgan fingerprint density at radius 3 is 2.75 bits per heavy atom. The number of carboxylic acids is 1. The molecule has 2 rings (SSSR count). The maximum atomic E-state index is 11.0. The van der Waals surface area contributed by atoms with Crippen LogP contribution in [-0.2, 0) is 4.79 Å². The minimum absolute atomic E-state index is 0.451. The molecule has 1 unspecified atom stereocenters. The lowest BCUT2D eigenvalue weighted by atomic mass is 10.2. The summed E-state index contributed by atoms with van der Waals surface area (Å²) < 4.78 is 5.36. The first kappa shape index (κ1) is 14.5. The molecule has 20 heavy (non-hydrogen) atoms. The number of rotatable bonds is 5. The van der Waals surface area contributed by atoms with Crippen LogP contribution in [0.5, 0.6) is 5.88 Å². The van der Waals surface area contributed by atoms with Crippen molar-refractivity contribution >= 4 is 11.9 Å². The van der Waals surface area contributed by atoms with Gasteiger partial charge in [-0.15, -0.1) is 0 Å². The van der Waals surface area contributed by atoms with Crippen molar-refractivity contribution in [3.63, 3.8) is 0 Å². The summed E-state index contributed by atoms with van der Waals surface area (Å²) in [5, 5.41) is 9.02. The molecule has 0 radical (unpaired) electrons. The van der Waals surface area contributed by atoms with Crippen molar-refractivity contribution in [1.82, 2.24) is 14.9 Å². The highest BCUT2D eigenvalue weighted by molar-refractivity contribution is 5.72. The van der Waals surface area contributed by atoms with E-state index in [1.54, 1.807) is 19.2 Å². The van der Waals surface area contributed by atoms with Gasteiger partial charge in [-0.3, -0.25) is 9.69 Å². The number of hydrogen-bond acceptors (Lipinski definition) is 6. The number of anilines is 1. The Labute approximate surface area is 118 Å². The smallest absolute Gasteiger partial charge is 0.320 e. The Bertz CT molecular complexity index is 461. The van der Waals surface area contributed by atoms with E-state index in [1.807, 2.05) is 16.7 Å². The zero-order valence-electron chi connectivity index (χ0n) is 11.8. The molecule has 0 aromatic carbocycles. The van der Waals surface area contributed by atoms with Crippen LogP contribution in [0.4, 0.5) is 5.95 Å². The van der Waals surface area contributed by atoms with Crippen LogP contribution in [0.1, 0.15) is 13.8 Å². The van der Waals surface area contributed by atoms with Gasteiger partial charge >= 0.3 is 5.97 Å². The Hall–Kier alpha value is -1.89. The number of aromatic nitrogens is 2. The fourth-order valence-corrected chi connectivity index (χ4v) is 2.18. The van der Waals surface area contributed by atoms with Gasteiger partial charge in [-0.1, -0.05) is 0 Å². The molecule has 7 heteroatoms. The van der Waals surface area contributed by atoms with Crippen LogP contribution in [0.2, 0.25) is 0 Å². The summed E-state index contributed by atoms with van der Waals surface area (Å²) in [7, 11) is 0. The fourth-order valence-electron chi connectivity index (χ4n) is 2.18. The summed E-state index contributed by atoms with van der Waals surface area (Å²) in [5.74, 6) is 0.422. The largest absolute Gasteiger partial charge is 0.480 e. The number of ether oxygens (including phenoxy) is 1. The zero-order valence-corrected chi connectivity index (χ0v) is 11.8. The summed E-state index contributed by atoms with van der Waals surface area (Å²) in [6.45, 7) is 7.00. The van der Waals surface area contributed by atoms with Crippen molar-refractivity contribution in [3.05, 3.63) is 12.3 Å². The van der Waals surface area contributed by atoms with Gasteiger partial charge in [0.15, 0.2) is 0 Å². The van der Waals surface area contributed by atoms with Crippen LogP contribution in [0, 0.1) is 0 Å². The highest BCUT2D eigenvalue weighted by Crippen LogP contribution is 2.15. The molecular weight excluding hydrogens is 260 g/mol. The number of carboxylic acid groups (broad SMARTS) is 1. The molecule has 7 nitrogen and oxygen atoms in total. The van der Waals surface area contributed by atoms with E-state index in [4.69, 9.17) is 9.84 Å². The van der Waals surface area contributed by atoms with E-state index in [2.05, 4.69) is 9.97 Å². The van der Waals surface area contributed by atoms with Gasteiger partial charge in [0.05, 0.1) is 6.61 Å². The summed E-state index contributed by atoms with van der Waals surface area (Å²) in [4.78, 5) is 23.6. The molecule has 1 N–H and O–H groups in total. The molecule has 1 aromatic heterocycles. The normalized spacial score (nSPS) is 17.8. The van der Waals surface area contributed by atoms with Crippen LogP contribution in [-0.4, -0.2) is 64.8 Å². The zero-order chi connectivity index (χ0) is 14.5. The topological polar surface area (TPSA) is 78.8 Å². The highest BCUT2D eigenvalue weighted by Gasteiger charge is 2.26. The van der Waals surface area contributed by atoms with Gasteiger partial charge in [0, 0.05) is 38.4 Å². The first-order chi connectivity index (χ1) is 9.61. The summed E-state index contributed by atoms with van der Waals surface area (Å²) >= 11 is 0. The van der Waals surface area contributed by atoms with Gasteiger partial charge < -0.3 is 14.7 Å². The van der Waals surface area contributed by atoms with E-state index in [0.717, 1.165) is 0 Å². The van der Waals surface area contributed by atoms with Gasteiger partial charge in [-0.05, 0) is 13.8 Å². The number of nitrogens with zero attached hydrogens (tertiary/aromatic N) is 4. The van der Waals surface area contributed by atoms with Crippen molar-refractivity contribution in [3.8, 4) is 5.88 Å². The second-order valence-corrected chi connectivity index (χ2v) is 4.67. The summed E-state index contributed by atoms with van der Waals surface area (Å²) in [6.07, 6.45) is 1.68. The van der Waals surface area contributed by atoms with Gasteiger partial charge in [-0.25, -0.2) is 4.98 Å². The van der Waals surface area contributed by atoms with Crippen molar-refractivity contribution in [2.24, 2.45) is 0 Å². The lowest BCUT2D eigenvalue weighted by Crippen LogP contribution is -2.52. The summed E-state index contributed by atoms with van der Waals surface area (Å²) in [6, 6.07) is 1.28. The van der Waals surface area contributed by atoms with E-state index >= 15 is 0 Å². The molecule has 0 bridgehead atoms. The average molecular weight is 280 g/mol. The molecule has 1 aliphatic heterocycles. The van der Waals surface area contributed by atoms with Crippen molar-refractivity contribution in [2.75, 3.05) is 37.7 Å². The lowest BCUT2D eigenvalue weighted by Gasteiger charge is -2.36. The first-order valence-corrected chi connectivity index (χ1v) is 6.79. The third kappa shape index (κ3) is 3.36. The Morgan fingerprint density at radius 1 is 1.45 bits per heavy atom. The minimum Gasteiger partial charge on any atom is -0.480 e. The SMILES string of the molecule is CCOc1ccnc(N2CCN(C(C)C(=O)O)CC2)n1. The van der Waals surface area contributed by atoms with Gasteiger partial charge in [0.25, 0.3) is 0 Å². The monoisotopic (exact) mass is 280 g/mol. The van der Waals surface area contributed by atoms with E-state index in [0.29, 0.717) is 44.6 Å². The molecule has 0 spiro atoms. The lowest BCUT2D eigenvalue weighted by molar-refractivity contribution is -0.142.